The average Bonchev–Trinajstić information content (AvgIpc) is 2.65. The van der Waals surface area contributed by atoms with Crippen LogP contribution >= 0.6 is 0 Å². The molecular formula is C22H38F2N4O2. The zero-order valence-corrected chi connectivity index (χ0v) is 19.3. The van der Waals surface area contributed by atoms with Crippen LogP contribution in [0, 0.1) is 0 Å². The van der Waals surface area contributed by atoms with Gasteiger partial charge < -0.3 is 19.7 Å². The van der Waals surface area contributed by atoms with E-state index in [2.05, 4.69) is 40.9 Å². The number of ether oxygens (including phenoxy) is 2. The molecule has 172 valence electrons. The van der Waals surface area contributed by atoms with Crippen LogP contribution in [0.2, 0.25) is 0 Å². The van der Waals surface area contributed by atoms with Gasteiger partial charge in [-0.15, -0.1) is 0 Å². The normalized spacial score (nSPS) is 16.7. The lowest BCUT2D eigenvalue weighted by Gasteiger charge is -2.35. The highest BCUT2D eigenvalue weighted by Crippen LogP contribution is 2.20. The van der Waals surface area contributed by atoms with Crippen molar-refractivity contribution in [3.8, 4) is 5.75 Å². The Morgan fingerprint density at radius 1 is 1.03 bits per heavy atom. The lowest BCUT2D eigenvalue weighted by Crippen LogP contribution is -2.47. The summed E-state index contributed by atoms with van der Waals surface area (Å²) in [7, 11) is 0. The molecule has 1 aromatic rings. The van der Waals surface area contributed by atoms with Gasteiger partial charge in [0.25, 0.3) is 5.92 Å². The van der Waals surface area contributed by atoms with Crippen LogP contribution in [0.1, 0.15) is 41.5 Å². The van der Waals surface area contributed by atoms with Crippen LogP contribution in [0.15, 0.2) is 18.3 Å². The molecule has 1 fully saturated rings. The third-order valence-electron chi connectivity index (χ3n) is 4.69. The summed E-state index contributed by atoms with van der Waals surface area (Å²) in [6, 6.07) is 3.54. The van der Waals surface area contributed by atoms with E-state index in [1.54, 1.807) is 6.07 Å². The number of hydrogen-bond donors (Lipinski definition) is 1. The van der Waals surface area contributed by atoms with Gasteiger partial charge >= 0.3 is 0 Å². The maximum Gasteiger partial charge on any atom is 0.293 e. The minimum Gasteiger partial charge on any atom is -0.486 e. The number of aromatic nitrogens is 1. The Kier molecular flexibility index (Phi) is 8.42. The number of hydrogen-bond acceptors (Lipinski definition) is 6. The van der Waals surface area contributed by atoms with E-state index in [9.17, 15) is 8.78 Å². The van der Waals surface area contributed by atoms with Crippen molar-refractivity contribution in [3.05, 3.63) is 18.3 Å². The summed E-state index contributed by atoms with van der Waals surface area (Å²) in [6.07, 6.45) is 1.52. The highest BCUT2D eigenvalue weighted by atomic mass is 19.3. The number of halogens is 2. The minimum absolute atomic E-state index is 0.109. The molecule has 1 aromatic heterocycles. The third kappa shape index (κ3) is 9.53. The molecule has 0 amide bonds. The van der Waals surface area contributed by atoms with E-state index >= 15 is 0 Å². The van der Waals surface area contributed by atoms with Crippen LogP contribution in [0.5, 0.6) is 5.75 Å². The molecular weight excluding hydrogens is 390 g/mol. The molecule has 1 aliphatic rings. The van der Waals surface area contributed by atoms with Gasteiger partial charge in [0.2, 0.25) is 0 Å². The maximum absolute atomic E-state index is 14.0. The van der Waals surface area contributed by atoms with Gasteiger partial charge in [-0.3, -0.25) is 4.90 Å². The summed E-state index contributed by atoms with van der Waals surface area (Å²) in [6.45, 7) is 15.9. The van der Waals surface area contributed by atoms with Crippen LogP contribution in [0.25, 0.3) is 0 Å². The van der Waals surface area contributed by atoms with E-state index in [1.807, 2.05) is 26.8 Å². The number of alkyl halides is 2. The van der Waals surface area contributed by atoms with E-state index in [4.69, 9.17) is 9.47 Å². The van der Waals surface area contributed by atoms with Crippen LogP contribution in [0.3, 0.4) is 0 Å². The van der Waals surface area contributed by atoms with E-state index < -0.39 is 19.1 Å². The summed E-state index contributed by atoms with van der Waals surface area (Å²) in [5.41, 5.74) is -0.473. The van der Waals surface area contributed by atoms with Crippen LogP contribution in [-0.4, -0.2) is 79.4 Å². The minimum atomic E-state index is -2.95. The molecule has 1 N–H and O–H groups in total. The predicted molar refractivity (Wildman–Crippen MR) is 117 cm³/mol. The van der Waals surface area contributed by atoms with E-state index in [-0.39, 0.29) is 11.1 Å². The molecule has 0 bridgehead atoms. The lowest BCUT2D eigenvalue weighted by atomic mass is 10.1. The topological polar surface area (TPSA) is 49.9 Å². The molecule has 0 saturated carbocycles. The van der Waals surface area contributed by atoms with E-state index in [0.717, 1.165) is 45.1 Å². The quantitative estimate of drug-likeness (QED) is 0.651. The first-order valence-corrected chi connectivity index (χ1v) is 10.7. The summed E-state index contributed by atoms with van der Waals surface area (Å²) < 4.78 is 39.0. The van der Waals surface area contributed by atoms with Gasteiger partial charge in [0, 0.05) is 38.3 Å². The SMILES string of the molecule is CC(C)(C)NCC(F)(F)COc1ccc(N2CCN(CCOC(C)(C)C)CC2)nc1. The van der Waals surface area contributed by atoms with Crippen molar-refractivity contribution >= 4 is 5.82 Å². The summed E-state index contributed by atoms with van der Waals surface area (Å²) >= 11 is 0. The largest absolute Gasteiger partial charge is 0.486 e. The fourth-order valence-electron chi connectivity index (χ4n) is 2.96. The van der Waals surface area contributed by atoms with Crippen molar-refractivity contribution in [3.63, 3.8) is 0 Å². The van der Waals surface area contributed by atoms with Crippen molar-refractivity contribution in [2.45, 2.75) is 58.6 Å². The van der Waals surface area contributed by atoms with Crippen molar-refractivity contribution in [1.82, 2.24) is 15.2 Å². The summed E-state index contributed by atoms with van der Waals surface area (Å²) in [4.78, 5) is 8.99. The highest BCUT2D eigenvalue weighted by molar-refractivity contribution is 5.41. The Hall–Kier alpha value is -1.51. The first-order valence-electron chi connectivity index (χ1n) is 10.7. The van der Waals surface area contributed by atoms with Crippen molar-refractivity contribution in [2.75, 3.05) is 57.4 Å². The smallest absolute Gasteiger partial charge is 0.293 e. The van der Waals surface area contributed by atoms with Gasteiger partial charge in [-0.1, -0.05) is 0 Å². The number of piperazine rings is 1. The third-order valence-corrected chi connectivity index (χ3v) is 4.69. The molecule has 8 heteroatoms. The summed E-state index contributed by atoms with van der Waals surface area (Å²) in [5.74, 6) is -1.75. The Morgan fingerprint density at radius 2 is 1.70 bits per heavy atom. The van der Waals surface area contributed by atoms with E-state index in [0.29, 0.717) is 5.75 Å². The average molecular weight is 429 g/mol. The molecule has 1 saturated heterocycles. The Balaban J connectivity index is 1.74. The first kappa shape index (κ1) is 24.8. The van der Waals surface area contributed by atoms with Gasteiger partial charge in [0.05, 0.1) is 24.9 Å². The molecule has 0 spiro atoms. The van der Waals surface area contributed by atoms with E-state index in [1.165, 1.54) is 6.20 Å². The molecule has 1 aliphatic heterocycles. The Morgan fingerprint density at radius 3 is 2.23 bits per heavy atom. The van der Waals surface area contributed by atoms with Crippen molar-refractivity contribution in [1.29, 1.82) is 0 Å². The predicted octanol–water partition coefficient (Wildman–Crippen LogP) is 3.42. The zero-order chi connectivity index (χ0) is 22.4. The van der Waals surface area contributed by atoms with Gasteiger partial charge in [0.15, 0.2) is 6.61 Å². The highest BCUT2D eigenvalue weighted by Gasteiger charge is 2.31. The monoisotopic (exact) mass is 428 g/mol. The van der Waals surface area contributed by atoms with Crippen LogP contribution in [0.4, 0.5) is 14.6 Å². The number of rotatable bonds is 9. The van der Waals surface area contributed by atoms with Gasteiger partial charge in [-0.25, -0.2) is 13.8 Å². The molecule has 0 radical (unpaired) electrons. The molecule has 6 nitrogen and oxygen atoms in total. The first-order chi connectivity index (χ1) is 13.8. The molecule has 0 unspecified atom stereocenters. The maximum atomic E-state index is 14.0. The number of anilines is 1. The molecule has 2 heterocycles. The second-order valence-corrected chi connectivity index (χ2v) is 9.89. The molecule has 30 heavy (non-hydrogen) atoms. The number of nitrogens with zero attached hydrogens (tertiary/aromatic N) is 3. The fraction of sp³-hybridized carbons (Fsp3) is 0.773. The molecule has 0 atom stereocenters. The zero-order valence-electron chi connectivity index (χ0n) is 19.3. The Bertz CT molecular complexity index is 634. The second-order valence-electron chi connectivity index (χ2n) is 9.89. The molecule has 0 aromatic carbocycles. The number of nitrogens with one attached hydrogen (secondary N) is 1. The van der Waals surface area contributed by atoms with Gasteiger partial charge in [-0.2, -0.15) is 0 Å². The fourth-order valence-corrected chi connectivity index (χ4v) is 2.96. The Labute approximate surface area is 179 Å². The van der Waals surface area contributed by atoms with Crippen molar-refractivity contribution < 1.29 is 18.3 Å². The van der Waals surface area contributed by atoms with Crippen LogP contribution in [-0.2, 0) is 4.74 Å². The molecule has 0 aliphatic carbocycles. The lowest BCUT2D eigenvalue weighted by molar-refractivity contribution is -0.0429. The van der Waals surface area contributed by atoms with Gasteiger partial charge in [0.1, 0.15) is 11.6 Å². The second kappa shape index (κ2) is 10.2. The standard InChI is InChI=1S/C22H38F2N4O2/c1-20(2,3)26-16-22(23,24)17-29-18-7-8-19(25-15-18)28-11-9-27(10-12-28)13-14-30-21(4,5)6/h7-8,15,26H,9-14,16-17H2,1-6H3. The number of pyridine rings is 1. The summed E-state index contributed by atoms with van der Waals surface area (Å²) in [5, 5.41) is 2.81. The van der Waals surface area contributed by atoms with Gasteiger partial charge in [-0.05, 0) is 53.7 Å². The molecule has 2 rings (SSSR count). The van der Waals surface area contributed by atoms with Crippen molar-refractivity contribution in [2.24, 2.45) is 0 Å². The van der Waals surface area contributed by atoms with Crippen LogP contribution < -0.4 is 15.0 Å².